The molecule has 2 unspecified atom stereocenters. The zero-order valence-electron chi connectivity index (χ0n) is 14.4. The Labute approximate surface area is 150 Å². The van der Waals surface area contributed by atoms with Crippen LogP contribution in [0.25, 0.3) is 10.9 Å². The summed E-state index contributed by atoms with van der Waals surface area (Å²) in [4.78, 5) is 42.5. The second-order valence-electron chi connectivity index (χ2n) is 7.03. The monoisotopic (exact) mass is 355 g/mol. The van der Waals surface area contributed by atoms with Gasteiger partial charge in [-0.05, 0) is 18.1 Å². The third kappa shape index (κ3) is 3.05. The van der Waals surface area contributed by atoms with Crippen LogP contribution in [0, 0.1) is 11.8 Å². The van der Waals surface area contributed by atoms with E-state index in [1.165, 1.54) is 0 Å². The Balaban J connectivity index is 1.32. The second kappa shape index (κ2) is 6.48. The number of nitrogens with one attached hydrogen (secondary N) is 1. The Morgan fingerprint density at radius 1 is 1.04 bits per heavy atom. The number of nitrogens with zero attached hydrogens (tertiary/aromatic N) is 2. The van der Waals surface area contributed by atoms with E-state index in [1.807, 2.05) is 30.5 Å². The molecule has 1 saturated carbocycles. The predicted molar refractivity (Wildman–Crippen MR) is 94.4 cm³/mol. The number of carbonyl (C=O) groups is 3. The first-order chi connectivity index (χ1) is 12.5. The summed E-state index contributed by atoms with van der Waals surface area (Å²) >= 11 is 0. The van der Waals surface area contributed by atoms with Gasteiger partial charge in [-0.25, -0.2) is 0 Å². The van der Waals surface area contributed by atoms with E-state index in [1.54, 1.807) is 9.80 Å². The smallest absolute Gasteiger partial charge is 0.307 e. The predicted octanol–water partition coefficient (Wildman–Crippen LogP) is 1.10. The fraction of sp³-hybridized carbons (Fsp3) is 0.421. The summed E-state index contributed by atoms with van der Waals surface area (Å²) in [7, 11) is 0. The number of para-hydroxylation sites is 1. The minimum Gasteiger partial charge on any atom is -0.481 e. The maximum absolute atomic E-state index is 12.6. The molecule has 1 aliphatic carbocycles. The minimum atomic E-state index is -0.893. The molecule has 2 aromatic rings. The lowest BCUT2D eigenvalue weighted by Gasteiger charge is -2.35. The summed E-state index contributed by atoms with van der Waals surface area (Å²) < 4.78 is 0. The Bertz CT molecular complexity index is 867. The van der Waals surface area contributed by atoms with Crippen LogP contribution in [0.2, 0.25) is 0 Å². The Morgan fingerprint density at radius 3 is 2.42 bits per heavy atom. The number of aromatic nitrogens is 1. The molecule has 1 aliphatic heterocycles. The lowest BCUT2D eigenvalue weighted by atomic mass is 10.1. The molecule has 2 N–H and O–H groups in total. The van der Waals surface area contributed by atoms with Gasteiger partial charge in [0, 0.05) is 43.3 Å². The number of benzene rings is 1. The van der Waals surface area contributed by atoms with Gasteiger partial charge in [0.2, 0.25) is 11.8 Å². The molecular weight excluding hydrogens is 334 g/mol. The molecule has 2 atom stereocenters. The quantitative estimate of drug-likeness (QED) is 0.859. The summed E-state index contributed by atoms with van der Waals surface area (Å²) in [6, 6.07) is 7.89. The molecule has 0 spiro atoms. The van der Waals surface area contributed by atoms with Crippen LogP contribution in [0.5, 0.6) is 0 Å². The lowest BCUT2D eigenvalue weighted by Crippen LogP contribution is -2.51. The molecule has 0 bridgehead atoms. The van der Waals surface area contributed by atoms with Gasteiger partial charge < -0.3 is 19.9 Å². The number of aliphatic carboxylic acids is 1. The van der Waals surface area contributed by atoms with Crippen molar-refractivity contribution in [3.8, 4) is 0 Å². The van der Waals surface area contributed by atoms with Crippen LogP contribution in [0.15, 0.2) is 30.5 Å². The molecule has 7 nitrogen and oxygen atoms in total. The Kier molecular flexibility index (Phi) is 4.14. The largest absolute Gasteiger partial charge is 0.481 e. The number of hydrogen-bond donors (Lipinski definition) is 2. The van der Waals surface area contributed by atoms with Crippen molar-refractivity contribution in [3.63, 3.8) is 0 Å². The number of amides is 2. The number of carboxylic acids is 1. The van der Waals surface area contributed by atoms with Gasteiger partial charge in [-0.2, -0.15) is 0 Å². The molecular formula is C19H21N3O4. The van der Waals surface area contributed by atoms with Crippen LogP contribution < -0.4 is 0 Å². The highest BCUT2D eigenvalue weighted by atomic mass is 16.4. The number of rotatable bonds is 4. The van der Waals surface area contributed by atoms with Crippen molar-refractivity contribution in [2.24, 2.45) is 11.8 Å². The molecule has 1 aromatic heterocycles. The molecule has 2 amide bonds. The molecule has 2 heterocycles. The highest BCUT2D eigenvalue weighted by Gasteiger charge is 2.50. The average molecular weight is 355 g/mol. The van der Waals surface area contributed by atoms with Gasteiger partial charge in [-0.3, -0.25) is 14.4 Å². The molecule has 2 fully saturated rings. The lowest BCUT2D eigenvalue weighted by molar-refractivity contribution is -0.143. The van der Waals surface area contributed by atoms with E-state index in [2.05, 4.69) is 4.98 Å². The zero-order chi connectivity index (χ0) is 18.3. The van der Waals surface area contributed by atoms with E-state index < -0.39 is 11.9 Å². The molecule has 26 heavy (non-hydrogen) atoms. The van der Waals surface area contributed by atoms with Crippen LogP contribution in [-0.4, -0.2) is 63.9 Å². The number of piperazine rings is 1. The molecule has 136 valence electrons. The van der Waals surface area contributed by atoms with E-state index in [4.69, 9.17) is 5.11 Å². The maximum Gasteiger partial charge on any atom is 0.307 e. The number of aromatic amines is 1. The van der Waals surface area contributed by atoms with Crippen molar-refractivity contribution < 1.29 is 19.5 Å². The van der Waals surface area contributed by atoms with Crippen molar-refractivity contribution in [1.82, 2.24) is 14.8 Å². The fourth-order valence-electron chi connectivity index (χ4n) is 3.70. The Morgan fingerprint density at radius 2 is 1.73 bits per heavy atom. The molecule has 1 aromatic carbocycles. The van der Waals surface area contributed by atoms with E-state index in [0.29, 0.717) is 39.0 Å². The van der Waals surface area contributed by atoms with E-state index in [0.717, 1.165) is 16.5 Å². The van der Waals surface area contributed by atoms with Gasteiger partial charge >= 0.3 is 5.97 Å². The molecule has 7 heteroatoms. The van der Waals surface area contributed by atoms with Crippen LogP contribution in [0.3, 0.4) is 0 Å². The number of hydrogen-bond acceptors (Lipinski definition) is 3. The summed E-state index contributed by atoms with van der Waals surface area (Å²) in [5.74, 6) is -1.82. The topological polar surface area (TPSA) is 93.7 Å². The van der Waals surface area contributed by atoms with E-state index in [-0.39, 0.29) is 17.7 Å². The van der Waals surface area contributed by atoms with E-state index >= 15 is 0 Å². The van der Waals surface area contributed by atoms with Crippen molar-refractivity contribution in [1.29, 1.82) is 0 Å². The van der Waals surface area contributed by atoms with Gasteiger partial charge in [0.15, 0.2) is 0 Å². The minimum absolute atomic E-state index is 0.0525. The summed E-state index contributed by atoms with van der Waals surface area (Å²) in [5, 5.41) is 10.0. The number of H-pyrrole nitrogens is 1. The van der Waals surface area contributed by atoms with Crippen molar-refractivity contribution in [2.75, 3.05) is 26.2 Å². The Hall–Kier alpha value is -2.83. The average Bonchev–Trinajstić information content (AvgIpc) is 3.37. The first-order valence-corrected chi connectivity index (χ1v) is 8.89. The normalized spacial score (nSPS) is 22.5. The first kappa shape index (κ1) is 16.6. The number of carbonyl (C=O) groups excluding carboxylic acids is 2. The maximum atomic E-state index is 12.6. The molecule has 2 aliphatic rings. The summed E-state index contributed by atoms with van der Waals surface area (Å²) in [6.45, 7) is 1.94. The van der Waals surface area contributed by atoms with Gasteiger partial charge in [-0.15, -0.1) is 0 Å². The van der Waals surface area contributed by atoms with Crippen LogP contribution in [0.1, 0.15) is 12.0 Å². The summed E-state index contributed by atoms with van der Waals surface area (Å²) in [5.41, 5.74) is 1.99. The zero-order valence-corrected chi connectivity index (χ0v) is 14.4. The highest BCUT2D eigenvalue weighted by molar-refractivity contribution is 5.90. The third-order valence-electron chi connectivity index (χ3n) is 5.39. The van der Waals surface area contributed by atoms with Gasteiger partial charge in [-0.1, -0.05) is 18.2 Å². The SMILES string of the molecule is O=C(O)C1CC1C(=O)N1CCN(C(=O)Cc2c[nH]c3ccccc23)CC1. The number of carboxylic acid groups (broad SMARTS) is 1. The fourth-order valence-corrected chi connectivity index (χ4v) is 3.70. The van der Waals surface area contributed by atoms with Crippen molar-refractivity contribution in [2.45, 2.75) is 12.8 Å². The second-order valence-corrected chi connectivity index (χ2v) is 7.03. The van der Waals surface area contributed by atoms with Crippen molar-refractivity contribution in [3.05, 3.63) is 36.0 Å². The van der Waals surface area contributed by atoms with Gasteiger partial charge in [0.05, 0.1) is 18.3 Å². The van der Waals surface area contributed by atoms with Crippen LogP contribution in [0.4, 0.5) is 0 Å². The van der Waals surface area contributed by atoms with E-state index in [9.17, 15) is 14.4 Å². The highest BCUT2D eigenvalue weighted by Crippen LogP contribution is 2.40. The molecule has 1 saturated heterocycles. The number of fused-ring (bicyclic) bond motifs is 1. The third-order valence-corrected chi connectivity index (χ3v) is 5.39. The van der Waals surface area contributed by atoms with Crippen LogP contribution >= 0.6 is 0 Å². The molecule has 0 radical (unpaired) electrons. The standard InChI is InChI=1S/C19H21N3O4/c23-17(9-12-11-20-16-4-2-1-3-13(12)16)21-5-7-22(8-6-21)18(24)14-10-15(14)19(25)26/h1-4,11,14-15,20H,5-10H2,(H,25,26). The van der Waals surface area contributed by atoms with Gasteiger partial charge in [0.1, 0.15) is 0 Å². The first-order valence-electron chi connectivity index (χ1n) is 8.89. The summed E-state index contributed by atoms with van der Waals surface area (Å²) in [6.07, 6.45) is 2.65. The van der Waals surface area contributed by atoms with Crippen molar-refractivity contribution >= 4 is 28.7 Å². The molecule has 4 rings (SSSR count). The van der Waals surface area contributed by atoms with Gasteiger partial charge in [0.25, 0.3) is 0 Å². The van der Waals surface area contributed by atoms with Crippen LogP contribution in [-0.2, 0) is 20.8 Å².